The summed E-state index contributed by atoms with van der Waals surface area (Å²) in [6.07, 6.45) is 4.53. The van der Waals surface area contributed by atoms with Gasteiger partial charge in [0.1, 0.15) is 12.4 Å². The lowest BCUT2D eigenvalue weighted by atomic mass is 9.80. The molecule has 0 heterocycles. The van der Waals surface area contributed by atoms with Crippen LogP contribution in [0.25, 0.3) is 5.31 Å². The van der Waals surface area contributed by atoms with Gasteiger partial charge in [0.25, 0.3) is 0 Å². The molecule has 5 rings (SSSR count). The fraction of sp³-hybridized carbons (Fsp3) is 0.300. The molecule has 1 aliphatic rings. The van der Waals surface area contributed by atoms with Gasteiger partial charge in [-0.2, -0.15) is 0 Å². The van der Waals surface area contributed by atoms with E-state index < -0.39 is 16.0 Å². The van der Waals surface area contributed by atoms with E-state index in [4.69, 9.17) is 4.74 Å². The molecule has 1 nitrogen and oxygen atoms in total. The molecule has 0 radical (unpaired) electrons. The van der Waals surface area contributed by atoms with Crippen LogP contribution in [0, 0.1) is 0 Å². The lowest BCUT2D eigenvalue weighted by molar-refractivity contribution is 0.353. The first-order valence-corrected chi connectivity index (χ1v) is 19.9. The second kappa shape index (κ2) is 12.1. The smallest absolute Gasteiger partial charge is 0.122 e. The maximum Gasteiger partial charge on any atom is 0.122 e. The summed E-state index contributed by atoms with van der Waals surface area (Å²) in [5, 5.41) is 5.67. The Balaban J connectivity index is 1.76. The van der Waals surface area contributed by atoms with E-state index in [0.717, 1.165) is 5.75 Å². The Morgan fingerprint density at radius 3 is 1.86 bits per heavy atom. The molecule has 0 aromatic heterocycles. The first-order valence-electron chi connectivity index (χ1n) is 15.5. The Hall–Kier alpha value is -3.19. The van der Waals surface area contributed by atoms with Crippen molar-refractivity contribution in [1.29, 1.82) is 0 Å². The highest BCUT2D eigenvalue weighted by atomic mass is 31.1. The van der Waals surface area contributed by atoms with Gasteiger partial charge in [0.15, 0.2) is 0 Å². The minimum Gasteiger partial charge on any atom is -0.489 e. The topological polar surface area (TPSA) is 9.23 Å². The molecule has 43 heavy (non-hydrogen) atoms. The maximum atomic E-state index is 6.66. The third kappa shape index (κ3) is 6.24. The van der Waals surface area contributed by atoms with Crippen LogP contribution in [0.2, 0.25) is 13.1 Å². The molecule has 0 fully saturated rings. The first kappa shape index (κ1) is 31.2. The Morgan fingerprint density at radius 1 is 0.767 bits per heavy atom. The number of benzene rings is 4. The van der Waals surface area contributed by atoms with Gasteiger partial charge in [0.2, 0.25) is 0 Å². The van der Waals surface area contributed by atoms with Gasteiger partial charge in [0, 0.05) is 5.54 Å². The molecular weight excluding hydrogens is 555 g/mol. The average Bonchev–Trinajstić information content (AvgIpc) is 3.36. The van der Waals surface area contributed by atoms with E-state index >= 15 is 0 Å². The Bertz CT molecular complexity index is 1580. The summed E-state index contributed by atoms with van der Waals surface area (Å²) in [6.45, 7) is 23.5. The van der Waals surface area contributed by atoms with E-state index in [-0.39, 0.29) is 10.8 Å². The van der Waals surface area contributed by atoms with Crippen molar-refractivity contribution in [2.75, 3.05) is 6.61 Å². The zero-order valence-corrected chi connectivity index (χ0v) is 29.1. The van der Waals surface area contributed by atoms with Gasteiger partial charge in [-0.1, -0.05) is 170 Å². The molecule has 1 atom stereocenters. The van der Waals surface area contributed by atoms with Gasteiger partial charge >= 0.3 is 0 Å². The average molecular weight is 603 g/mol. The summed E-state index contributed by atoms with van der Waals surface area (Å²) in [5.41, 5.74) is 5.84. The highest BCUT2D eigenvalue weighted by Crippen LogP contribution is 2.56. The molecular formula is C40H47OPSi. The molecule has 0 saturated heterocycles. The van der Waals surface area contributed by atoms with E-state index in [1.165, 1.54) is 43.4 Å². The van der Waals surface area contributed by atoms with Crippen molar-refractivity contribution in [3.8, 4) is 5.75 Å². The van der Waals surface area contributed by atoms with Crippen LogP contribution in [0.3, 0.4) is 0 Å². The zero-order valence-electron chi connectivity index (χ0n) is 27.2. The molecule has 4 aromatic carbocycles. The number of ether oxygens (including phenoxy) is 1. The highest BCUT2D eigenvalue weighted by molar-refractivity contribution is 7.82. The number of fused-ring (bicyclic) bond motifs is 1. The molecule has 0 aliphatic heterocycles. The van der Waals surface area contributed by atoms with Crippen molar-refractivity contribution >= 4 is 37.1 Å². The number of allylic oxidation sites excluding steroid dienone is 1. The van der Waals surface area contributed by atoms with Crippen LogP contribution in [0.4, 0.5) is 0 Å². The fourth-order valence-corrected chi connectivity index (χ4v) is 12.2. The van der Waals surface area contributed by atoms with E-state index in [2.05, 4.69) is 164 Å². The van der Waals surface area contributed by atoms with Crippen LogP contribution in [-0.4, -0.2) is 14.7 Å². The van der Waals surface area contributed by atoms with E-state index in [9.17, 15) is 0 Å². The zero-order chi connectivity index (χ0) is 31.0. The van der Waals surface area contributed by atoms with E-state index in [1.807, 2.05) is 6.08 Å². The standard InChI is InChI=1S/C40H47OPSi/c1-10-25-41-38-34(40(5,6)7)26-29(39(2,3)4)27-37(38)43(8,9)36-28-35(32-23-17-18-24-33(32)36)42(30-19-13-11-14-20-30)31-21-15-12-16-22-31/h10-24,26-28,36H,1,25H2,2-9H3. The molecule has 3 heteroatoms. The maximum absolute atomic E-state index is 6.66. The minimum atomic E-state index is -2.23. The molecule has 4 aromatic rings. The van der Waals surface area contributed by atoms with E-state index in [1.54, 1.807) is 0 Å². The van der Waals surface area contributed by atoms with Crippen molar-refractivity contribution in [2.24, 2.45) is 0 Å². The monoisotopic (exact) mass is 602 g/mol. The van der Waals surface area contributed by atoms with Crippen LogP contribution in [0.1, 0.15) is 69.3 Å². The second-order valence-corrected chi connectivity index (χ2v) is 21.1. The normalized spacial score (nSPS) is 15.3. The largest absolute Gasteiger partial charge is 0.489 e. The quantitative estimate of drug-likeness (QED) is 0.111. The number of rotatable bonds is 8. The van der Waals surface area contributed by atoms with Crippen LogP contribution < -0.4 is 20.5 Å². The lowest BCUT2D eigenvalue weighted by Crippen LogP contribution is -2.48. The lowest BCUT2D eigenvalue weighted by Gasteiger charge is -2.36. The summed E-state index contributed by atoms with van der Waals surface area (Å²) >= 11 is 0. The Kier molecular flexibility index (Phi) is 8.76. The summed E-state index contributed by atoms with van der Waals surface area (Å²) in [5.74, 6) is 1.07. The molecule has 1 unspecified atom stereocenters. The molecule has 0 saturated carbocycles. The molecule has 1 aliphatic carbocycles. The van der Waals surface area contributed by atoms with Crippen molar-refractivity contribution in [3.05, 3.63) is 138 Å². The summed E-state index contributed by atoms with van der Waals surface area (Å²) in [7, 11) is -2.94. The predicted octanol–water partition coefficient (Wildman–Crippen LogP) is 9.57. The summed E-state index contributed by atoms with van der Waals surface area (Å²) < 4.78 is 6.66. The van der Waals surface area contributed by atoms with Crippen molar-refractivity contribution in [3.63, 3.8) is 0 Å². The van der Waals surface area contributed by atoms with Gasteiger partial charge in [0.05, 0.1) is 8.07 Å². The van der Waals surface area contributed by atoms with Crippen molar-refractivity contribution < 1.29 is 4.74 Å². The van der Waals surface area contributed by atoms with Crippen LogP contribution in [0.5, 0.6) is 5.75 Å². The summed E-state index contributed by atoms with van der Waals surface area (Å²) in [6, 6.07) is 36.3. The van der Waals surface area contributed by atoms with Crippen molar-refractivity contribution in [2.45, 2.75) is 71.0 Å². The van der Waals surface area contributed by atoms with Gasteiger partial charge < -0.3 is 4.74 Å². The first-order chi connectivity index (χ1) is 20.3. The molecule has 0 bridgehead atoms. The van der Waals surface area contributed by atoms with Gasteiger partial charge in [-0.15, -0.1) is 0 Å². The van der Waals surface area contributed by atoms with Gasteiger partial charge in [-0.25, -0.2) is 0 Å². The molecule has 0 amide bonds. The fourth-order valence-electron chi connectivity index (χ4n) is 6.28. The molecule has 0 N–H and O–H groups in total. The molecule has 0 spiro atoms. The van der Waals surface area contributed by atoms with E-state index in [0.29, 0.717) is 12.1 Å². The Labute approximate surface area is 262 Å². The van der Waals surface area contributed by atoms with Gasteiger partial charge in [-0.3, -0.25) is 0 Å². The number of hydrogen-bond acceptors (Lipinski definition) is 1. The van der Waals surface area contributed by atoms with Gasteiger partial charge in [-0.05, 0) is 62.1 Å². The van der Waals surface area contributed by atoms with Crippen LogP contribution >= 0.6 is 7.92 Å². The Morgan fingerprint density at radius 2 is 1.33 bits per heavy atom. The highest BCUT2D eigenvalue weighted by Gasteiger charge is 2.43. The summed E-state index contributed by atoms with van der Waals surface area (Å²) in [4.78, 5) is 0. The number of hydrogen-bond donors (Lipinski definition) is 0. The molecule has 222 valence electrons. The van der Waals surface area contributed by atoms with Crippen LogP contribution in [0.15, 0.2) is 116 Å². The predicted molar refractivity (Wildman–Crippen MR) is 193 cm³/mol. The minimum absolute atomic E-state index is 0.0275. The third-order valence-electron chi connectivity index (χ3n) is 8.75. The SMILES string of the molecule is C=CCOc1c(C(C)(C)C)cc(C(C)(C)C)cc1[Si](C)(C)C1C=C(P(c2ccccc2)c2ccccc2)c2ccccc21. The third-order valence-corrected chi connectivity index (χ3v) is 15.0. The second-order valence-electron chi connectivity index (χ2n) is 14.3. The van der Waals surface area contributed by atoms with Crippen molar-refractivity contribution in [1.82, 2.24) is 0 Å². The van der Waals surface area contributed by atoms with Crippen LogP contribution in [-0.2, 0) is 10.8 Å².